The molecule has 0 spiro atoms. The monoisotopic (exact) mass is 231 g/mol. The van der Waals surface area contributed by atoms with Crippen molar-refractivity contribution < 1.29 is 0 Å². The first kappa shape index (κ1) is 12.1. The molecule has 92 valence electrons. The predicted octanol–water partition coefficient (Wildman–Crippen LogP) is 2.84. The summed E-state index contributed by atoms with van der Waals surface area (Å²) < 4.78 is 0. The van der Waals surface area contributed by atoms with E-state index in [1.54, 1.807) is 0 Å². The van der Waals surface area contributed by atoms with Crippen molar-refractivity contribution in [1.82, 2.24) is 15.3 Å². The highest BCUT2D eigenvalue weighted by atomic mass is 14.9. The van der Waals surface area contributed by atoms with Crippen LogP contribution < -0.4 is 5.32 Å². The molecule has 3 nitrogen and oxygen atoms in total. The maximum Gasteiger partial charge on any atom is 0.109 e. The lowest BCUT2D eigenvalue weighted by Gasteiger charge is -2.01. The zero-order valence-corrected chi connectivity index (χ0v) is 10.9. The molecule has 0 aliphatic rings. The van der Waals surface area contributed by atoms with Crippen molar-refractivity contribution in [3.05, 3.63) is 29.6 Å². The van der Waals surface area contributed by atoms with E-state index < -0.39 is 0 Å². The second kappa shape index (κ2) is 5.32. The van der Waals surface area contributed by atoms with Crippen molar-refractivity contribution in [2.45, 2.75) is 33.1 Å². The molecule has 2 rings (SSSR count). The molecule has 3 heteroatoms. The zero-order chi connectivity index (χ0) is 12.3. The molecule has 0 unspecified atom stereocenters. The lowest BCUT2D eigenvalue weighted by molar-refractivity contribution is 0.717. The fourth-order valence-corrected chi connectivity index (χ4v) is 1.91. The highest BCUT2D eigenvalue weighted by Gasteiger charge is 2.06. The molecule has 0 aliphatic heterocycles. The summed E-state index contributed by atoms with van der Waals surface area (Å²) in [6.07, 6.45) is 1.07. The van der Waals surface area contributed by atoms with Crippen LogP contribution in [0.5, 0.6) is 0 Å². The molecule has 0 fully saturated rings. The molecule has 1 aromatic heterocycles. The molecule has 0 saturated carbocycles. The van der Waals surface area contributed by atoms with Crippen LogP contribution in [0.2, 0.25) is 0 Å². The molecule has 0 aliphatic carbocycles. The Morgan fingerprint density at radius 3 is 2.88 bits per heavy atom. The molecule has 0 bridgehead atoms. The number of aromatic amines is 1. The van der Waals surface area contributed by atoms with E-state index in [1.807, 2.05) is 0 Å². The van der Waals surface area contributed by atoms with Crippen LogP contribution in [-0.2, 0) is 6.42 Å². The van der Waals surface area contributed by atoms with Gasteiger partial charge in [-0.1, -0.05) is 26.8 Å². The summed E-state index contributed by atoms with van der Waals surface area (Å²) in [4.78, 5) is 7.97. The van der Waals surface area contributed by atoms with E-state index in [1.165, 1.54) is 5.56 Å². The number of nitrogens with zero attached hydrogens (tertiary/aromatic N) is 1. The Morgan fingerprint density at radius 2 is 2.18 bits per heavy atom. The average Bonchev–Trinajstić information content (AvgIpc) is 2.72. The summed E-state index contributed by atoms with van der Waals surface area (Å²) in [5.41, 5.74) is 3.58. The number of benzene rings is 1. The smallest absolute Gasteiger partial charge is 0.109 e. The van der Waals surface area contributed by atoms with Gasteiger partial charge in [-0.3, -0.25) is 0 Å². The van der Waals surface area contributed by atoms with Crippen LogP contribution in [0.3, 0.4) is 0 Å². The van der Waals surface area contributed by atoms with E-state index in [-0.39, 0.29) is 0 Å². The van der Waals surface area contributed by atoms with Crippen LogP contribution in [0.15, 0.2) is 18.2 Å². The van der Waals surface area contributed by atoms with E-state index in [4.69, 9.17) is 0 Å². The Hall–Kier alpha value is -1.35. The number of rotatable bonds is 5. The van der Waals surface area contributed by atoms with Gasteiger partial charge < -0.3 is 10.3 Å². The largest absolute Gasteiger partial charge is 0.342 e. The third-order valence-corrected chi connectivity index (χ3v) is 2.95. The summed E-state index contributed by atoms with van der Waals surface area (Å²) in [7, 11) is 0. The first-order chi connectivity index (χ1) is 8.20. The number of hydrogen-bond acceptors (Lipinski definition) is 2. The molecule has 0 amide bonds. The SMILES string of the molecule is CCNCCc1ccc2nc(C(C)C)[nH]c2c1. The highest BCUT2D eigenvalue weighted by molar-refractivity contribution is 5.76. The fourth-order valence-electron chi connectivity index (χ4n) is 1.91. The molecule has 0 atom stereocenters. The van der Waals surface area contributed by atoms with Crippen LogP contribution in [0, 0.1) is 0 Å². The summed E-state index contributed by atoms with van der Waals surface area (Å²) in [5.74, 6) is 1.52. The van der Waals surface area contributed by atoms with E-state index in [0.29, 0.717) is 5.92 Å². The van der Waals surface area contributed by atoms with E-state index in [2.05, 4.69) is 54.3 Å². The summed E-state index contributed by atoms with van der Waals surface area (Å²) >= 11 is 0. The molecule has 0 radical (unpaired) electrons. The third-order valence-electron chi connectivity index (χ3n) is 2.95. The number of hydrogen-bond donors (Lipinski definition) is 2. The average molecular weight is 231 g/mol. The number of nitrogens with one attached hydrogen (secondary N) is 2. The Morgan fingerprint density at radius 1 is 1.35 bits per heavy atom. The third kappa shape index (κ3) is 2.86. The van der Waals surface area contributed by atoms with E-state index in [9.17, 15) is 0 Å². The minimum atomic E-state index is 0.451. The molecule has 2 N–H and O–H groups in total. The topological polar surface area (TPSA) is 40.7 Å². The van der Waals surface area contributed by atoms with E-state index in [0.717, 1.165) is 36.4 Å². The van der Waals surface area contributed by atoms with Crippen molar-refractivity contribution in [3.63, 3.8) is 0 Å². The van der Waals surface area contributed by atoms with Gasteiger partial charge in [-0.15, -0.1) is 0 Å². The Labute approximate surface area is 103 Å². The molecule has 2 aromatic rings. The van der Waals surface area contributed by atoms with Gasteiger partial charge in [-0.25, -0.2) is 4.98 Å². The van der Waals surface area contributed by atoms with Crippen LogP contribution in [0.4, 0.5) is 0 Å². The Bertz CT molecular complexity index is 485. The molecular formula is C14H21N3. The first-order valence-electron chi connectivity index (χ1n) is 6.40. The van der Waals surface area contributed by atoms with Crippen LogP contribution in [0.25, 0.3) is 11.0 Å². The van der Waals surface area contributed by atoms with Gasteiger partial charge in [0.2, 0.25) is 0 Å². The van der Waals surface area contributed by atoms with Gasteiger partial charge in [0.05, 0.1) is 11.0 Å². The normalized spacial score (nSPS) is 11.5. The highest BCUT2D eigenvalue weighted by Crippen LogP contribution is 2.18. The summed E-state index contributed by atoms with van der Waals surface area (Å²) in [5, 5.41) is 3.34. The minimum absolute atomic E-state index is 0.451. The van der Waals surface area contributed by atoms with Crippen molar-refractivity contribution in [3.8, 4) is 0 Å². The fraction of sp³-hybridized carbons (Fsp3) is 0.500. The van der Waals surface area contributed by atoms with Gasteiger partial charge in [0.15, 0.2) is 0 Å². The van der Waals surface area contributed by atoms with Gasteiger partial charge >= 0.3 is 0 Å². The predicted molar refractivity (Wildman–Crippen MR) is 72.4 cm³/mol. The maximum absolute atomic E-state index is 4.58. The van der Waals surface area contributed by atoms with E-state index >= 15 is 0 Å². The lowest BCUT2D eigenvalue weighted by atomic mass is 10.1. The van der Waals surface area contributed by atoms with Crippen molar-refractivity contribution in [2.75, 3.05) is 13.1 Å². The lowest BCUT2D eigenvalue weighted by Crippen LogP contribution is -2.15. The summed E-state index contributed by atoms with van der Waals surface area (Å²) in [6.45, 7) is 8.51. The quantitative estimate of drug-likeness (QED) is 0.777. The van der Waals surface area contributed by atoms with Crippen LogP contribution in [0.1, 0.15) is 38.1 Å². The number of H-pyrrole nitrogens is 1. The standard InChI is InChI=1S/C14H21N3/c1-4-15-8-7-11-5-6-12-13(9-11)17-14(16-12)10(2)3/h5-6,9-10,15H,4,7-8H2,1-3H3,(H,16,17). The molecular weight excluding hydrogens is 210 g/mol. The van der Waals surface area contributed by atoms with Gasteiger partial charge in [-0.05, 0) is 37.2 Å². The second-order valence-corrected chi connectivity index (χ2v) is 4.73. The van der Waals surface area contributed by atoms with Crippen molar-refractivity contribution in [1.29, 1.82) is 0 Å². The van der Waals surface area contributed by atoms with Crippen LogP contribution in [-0.4, -0.2) is 23.1 Å². The van der Waals surface area contributed by atoms with Gasteiger partial charge in [0.25, 0.3) is 0 Å². The number of fused-ring (bicyclic) bond motifs is 1. The molecule has 0 saturated heterocycles. The summed E-state index contributed by atoms with van der Waals surface area (Å²) in [6, 6.07) is 6.50. The van der Waals surface area contributed by atoms with Crippen molar-refractivity contribution in [2.24, 2.45) is 0 Å². The maximum atomic E-state index is 4.58. The van der Waals surface area contributed by atoms with Crippen molar-refractivity contribution >= 4 is 11.0 Å². The number of imidazole rings is 1. The van der Waals surface area contributed by atoms with Gasteiger partial charge in [0.1, 0.15) is 5.82 Å². The molecule has 1 heterocycles. The Kier molecular flexibility index (Phi) is 3.79. The number of likely N-dealkylation sites (N-methyl/N-ethyl adjacent to an activating group) is 1. The second-order valence-electron chi connectivity index (χ2n) is 4.73. The minimum Gasteiger partial charge on any atom is -0.342 e. The number of aromatic nitrogens is 2. The molecule has 1 aromatic carbocycles. The molecule has 17 heavy (non-hydrogen) atoms. The first-order valence-corrected chi connectivity index (χ1v) is 6.40. The Balaban J connectivity index is 2.18. The van der Waals surface area contributed by atoms with Gasteiger partial charge in [0, 0.05) is 5.92 Å². The zero-order valence-electron chi connectivity index (χ0n) is 10.9. The van der Waals surface area contributed by atoms with Gasteiger partial charge in [-0.2, -0.15) is 0 Å². The van der Waals surface area contributed by atoms with Crippen LogP contribution >= 0.6 is 0 Å².